The summed E-state index contributed by atoms with van der Waals surface area (Å²) >= 11 is 0. The van der Waals surface area contributed by atoms with Gasteiger partial charge in [-0.05, 0) is 24.0 Å². The van der Waals surface area contributed by atoms with Crippen molar-refractivity contribution in [3.05, 3.63) is 36.1 Å². The molecule has 4 heteroatoms. The molecule has 0 fully saturated rings. The third-order valence-electron chi connectivity index (χ3n) is 3.35. The Morgan fingerprint density at radius 1 is 1.35 bits per heavy atom. The van der Waals surface area contributed by atoms with Crippen LogP contribution in [0.5, 0.6) is 0 Å². The van der Waals surface area contributed by atoms with E-state index in [-0.39, 0.29) is 11.3 Å². The Balaban J connectivity index is 1.92. The Bertz CT molecular complexity index is 562. The van der Waals surface area contributed by atoms with Gasteiger partial charge in [-0.3, -0.25) is 4.79 Å². The average molecular weight is 275 g/mol. The molecule has 1 aromatic heterocycles. The van der Waals surface area contributed by atoms with Gasteiger partial charge >= 0.3 is 0 Å². The van der Waals surface area contributed by atoms with Crippen LogP contribution >= 0.6 is 0 Å². The Morgan fingerprint density at radius 2 is 2.05 bits per heavy atom. The molecule has 0 aliphatic carbocycles. The molecule has 1 aromatic carbocycles. The zero-order valence-corrected chi connectivity index (χ0v) is 12.1. The first kappa shape index (κ1) is 14.6. The van der Waals surface area contributed by atoms with Gasteiger partial charge in [0.2, 0.25) is 0 Å². The molecule has 0 spiro atoms. The molecule has 4 nitrogen and oxygen atoms in total. The predicted octanol–water partition coefficient (Wildman–Crippen LogP) is 2.96. The molecule has 2 aromatic rings. The van der Waals surface area contributed by atoms with Crippen LogP contribution in [0.2, 0.25) is 0 Å². The first-order chi connectivity index (χ1) is 9.38. The minimum Gasteiger partial charge on any atom is -0.451 e. The van der Waals surface area contributed by atoms with Crippen LogP contribution in [0.1, 0.15) is 37.7 Å². The minimum absolute atomic E-state index is 0.176. The fourth-order valence-electron chi connectivity index (χ4n) is 1.94. The molecular weight excluding hydrogens is 254 g/mol. The molecule has 0 unspecified atom stereocenters. The highest BCUT2D eigenvalue weighted by molar-refractivity contribution is 5.95. The number of furan rings is 1. The Kier molecular flexibility index (Phi) is 4.14. The molecule has 0 bridgehead atoms. The number of fused-ring (bicyclic) bond motifs is 1. The van der Waals surface area contributed by atoms with Gasteiger partial charge in [0, 0.05) is 11.9 Å². The normalized spacial score (nSPS) is 13.4. The van der Waals surface area contributed by atoms with Gasteiger partial charge in [-0.2, -0.15) is 0 Å². The van der Waals surface area contributed by atoms with Crippen LogP contribution in [0.25, 0.3) is 11.0 Å². The summed E-state index contributed by atoms with van der Waals surface area (Å²) in [5.41, 5.74) is 0.525. The molecule has 1 amide bonds. The van der Waals surface area contributed by atoms with Crippen LogP contribution in [0, 0.1) is 5.41 Å². The number of aliphatic hydroxyl groups is 1. The summed E-state index contributed by atoms with van der Waals surface area (Å²) in [6, 6.07) is 9.23. The van der Waals surface area contributed by atoms with E-state index in [2.05, 4.69) is 5.32 Å². The monoisotopic (exact) mass is 275 g/mol. The second kappa shape index (κ2) is 5.67. The highest BCUT2D eigenvalue weighted by Crippen LogP contribution is 2.21. The predicted molar refractivity (Wildman–Crippen MR) is 78.6 cm³/mol. The third-order valence-corrected chi connectivity index (χ3v) is 3.35. The average Bonchev–Trinajstić information content (AvgIpc) is 2.81. The fourth-order valence-corrected chi connectivity index (χ4v) is 1.94. The van der Waals surface area contributed by atoms with E-state index in [0.717, 1.165) is 5.39 Å². The van der Waals surface area contributed by atoms with E-state index < -0.39 is 6.10 Å². The lowest BCUT2D eigenvalue weighted by Crippen LogP contribution is -2.32. The van der Waals surface area contributed by atoms with Crippen LogP contribution in [-0.2, 0) is 0 Å². The lowest BCUT2D eigenvalue weighted by atomic mass is 9.87. The standard InChI is InChI=1S/C16H21NO3/c1-16(2,3)14(18)8-9-17-15(19)13-10-11-6-4-5-7-12(11)20-13/h4-7,10,14,18H,8-9H2,1-3H3,(H,17,19)/t14-/m1/s1. The van der Waals surface area contributed by atoms with Crippen molar-refractivity contribution in [1.29, 1.82) is 0 Å². The van der Waals surface area contributed by atoms with Crippen molar-refractivity contribution in [2.45, 2.75) is 33.3 Å². The lowest BCUT2D eigenvalue weighted by Gasteiger charge is -2.25. The summed E-state index contributed by atoms with van der Waals surface area (Å²) in [6.07, 6.45) is 0.0774. The molecule has 0 saturated carbocycles. The van der Waals surface area contributed by atoms with Gasteiger partial charge in [-0.1, -0.05) is 39.0 Å². The number of carbonyl (C=O) groups is 1. The quantitative estimate of drug-likeness (QED) is 0.901. The number of hydrogen-bond acceptors (Lipinski definition) is 3. The van der Waals surface area contributed by atoms with Crippen LogP contribution in [0.3, 0.4) is 0 Å². The van der Waals surface area contributed by atoms with Gasteiger partial charge in [-0.25, -0.2) is 0 Å². The molecule has 1 atom stereocenters. The Labute approximate surface area is 118 Å². The maximum Gasteiger partial charge on any atom is 0.287 e. The molecule has 2 rings (SSSR count). The highest BCUT2D eigenvalue weighted by atomic mass is 16.3. The van der Waals surface area contributed by atoms with Gasteiger partial charge in [0.15, 0.2) is 5.76 Å². The first-order valence-corrected chi connectivity index (χ1v) is 6.83. The molecule has 2 N–H and O–H groups in total. The van der Waals surface area contributed by atoms with E-state index >= 15 is 0 Å². The highest BCUT2D eigenvalue weighted by Gasteiger charge is 2.22. The van der Waals surface area contributed by atoms with Crippen molar-refractivity contribution >= 4 is 16.9 Å². The largest absolute Gasteiger partial charge is 0.451 e. The van der Waals surface area contributed by atoms with Crippen LogP contribution in [0.15, 0.2) is 34.7 Å². The summed E-state index contributed by atoms with van der Waals surface area (Å²) in [4.78, 5) is 12.0. The SMILES string of the molecule is CC(C)(C)[C@H](O)CCNC(=O)c1cc2ccccc2o1. The molecule has 0 saturated heterocycles. The third kappa shape index (κ3) is 3.39. The number of para-hydroxylation sites is 1. The van der Waals surface area contributed by atoms with Gasteiger partial charge in [0.25, 0.3) is 5.91 Å². The van der Waals surface area contributed by atoms with Crippen LogP contribution in [-0.4, -0.2) is 23.7 Å². The van der Waals surface area contributed by atoms with E-state index in [1.54, 1.807) is 6.07 Å². The van der Waals surface area contributed by atoms with E-state index in [1.165, 1.54) is 0 Å². The smallest absolute Gasteiger partial charge is 0.287 e. The minimum atomic E-state index is -0.446. The van der Waals surface area contributed by atoms with Crippen molar-refractivity contribution in [2.75, 3.05) is 6.54 Å². The van der Waals surface area contributed by atoms with Crippen molar-refractivity contribution in [3.8, 4) is 0 Å². The van der Waals surface area contributed by atoms with Crippen LogP contribution in [0.4, 0.5) is 0 Å². The fraction of sp³-hybridized carbons (Fsp3) is 0.438. The van der Waals surface area contributed by atoms with Gasteiger partial charge < -0.3 is 14.8 Å². The molecule has 20 heavy (non-hydrogen) atoms. The molecule has 0 aliphatic heterocycles. The molecular formula is C16H21NO3. The second-order valence-corrected chi connectivity index (χ2v) is 6.07. The number of benzene rings is 1. The lowest BCUT2D eigenvalue weighted by molar-refractivity contribution is 0.0549. The molecule has 108 valence electrons. The summed E-state index contributed by atoms with van der Waals surface area (Å²) in [5, 5.41) is 13.6. The van der Waals surface area contributed by atoms with E-state index in [9.17, 15) is 9.90 Å². The maximum atomic E-state index is 12.0. The number of nitrogens with one attached hydrogen (secondary N) is 1. The van der Waals surface area contributed by atoms with E-state index in [0.29, 0.717) is 24.3 Å². The van der Waals surface area contributed by atoms with Gasteiger partial charge in [0.05, 0.1) is 6.10 Å². The van der Waals surface area contributed by atoms with E-state index in [4.69, 9.17) is 4.42 Å². The van der Waals surface area contributed by atoms with Gasteiger partial charge in [0.1, 0.15) is 5.58 Å². The topological polar surface area (TPSA) is 62.5 Å². The number of carbonyl (C=O) groups excluding carboxylic acids is 1. The van der Waals surface area contributed by atoms with Crippen molar-refractivity contribution < 1.29 is 14.3 Å². The number of hydrogen-bond donors (Lipinski definition) is 2. The summed E-state index contributed by atoms with van der Waals surface area (Å²) < 4.78 is 5.48. The van der Waals surface area contributed by atoms with E-state index in [1.807, 2.05) is 45.0 Å². The molecule has 0 aliphatic rings. The first-order valence-electron chi connectivity index (χ1n) is 6.83. The zero-order chi connectivity index (χ0) is 14.8. The zero-order valence-electron chi connectivity index (χ0n) is 12.1. The Hall–Kier alpha value is -1.81. The molecule has 1 heterocycles. The van der Waals surface area contributed by atoms with Crippen molar-refractivity contribution in [3.63, 3.8) is 0 Å². The molecule has 0 radical (unpaired) electrons. The number of amides is 1. The summed E-state index contributed by atoms with van der Waals surface area (Å²) in [5.74, 6) is 0.0544. The number of aliphatic hydroxyl groups excluding tert-OH is 1. The summed E-state index contributed by atoms with van der Waals surface area (Å²) in [6.45, 7) is 6.34. The van der Waals surface area contributed by atoms with Crippen LogP contribution < -0.4 is 5.32 Å². The summed E-state index contributed by atoms with van der Waals surface area (Å²) in [7, 11) is 0. The second-order valence-electron chi connectivity index (χ2n) is 6.07. The Morgan fingerprint density at radius 3 is 2.70 bits per heavy atom. The number of rotatable bonds is 4. The van der Waals surface area contributed by atoms with Gasteiger partial charge in [-0.15, -0.1) is 0 Å². The van der Waals surface area contributed by atoms with Crippen molar-refractivity contribution in [2.24, 2.45) is 5.41 Å². The van der Waals surface area contributed by atoms with Crippen molar-refractivity contribution in [1.82, 2.24) is 5.32 Å². The maximum absolute atomic E-state index is 12.0.